The molecule has 1 aromatic heterocycles. The van der Waals surface area contributed by atoms with Crippen LogP contribution >= 0.6 is 8.24 Å². The molecule has 1 heterocycles. The minimum absolute atomic E-state index is 0.111. The number of methoxy groups -OCH3 is 4. The van der Waals surface area contributed by atoms with Crippen molar-refractivity contribution in [3.05, 3.63) is 70.8 Å². The summed E-state index contributed by atoms with van der Waals surface area (Å²) in [5.74, 6) is 3.21. The number of fused-ring (bicyclic) bond motifs is 3. The summed E-state index contributed by atoms with van der Waals surface area (Å²) in [7, 11) is 4.44. The van der Waals surface area contributed by atoms with Crippen LogP contribution in [0.25, 0.3) is 33.1 Å². The van der Waals surface area contributed by atoms with Crippen LogP contribution < -0.4 is 23.5 Å². The van der Waals surface area contributed by atoms with E-state index in [9.17, 15) is 5.11 Å². The lowest BCUT2D eigenvalue weighted by atomic mass is 9.98. The van der Waals surface area contributed by atoms with Crippen LogP contribution in [0.15, 0.2) is 56.9 Å². The molecule has 0 radical (unpaired) electrons. The molecule has 0 aliphatic heterocycles. The first-order valence-electron chi connectivity index (χ1n) is 13.0. The van der Waals surface area contributed by atoms with Gasteiger partial charge in [0, 0.05) is 21.9 Å². The molecule has 0 amide bonds. The van der Waals surface area contributed by atoms with Crippen LogP contribution in [0.5, 0.6) is 34.5 Å². The monoisotopic (exact) mass is 576 g/mol. The molecule has 0 fully saturated rings. The van der Waals surface area contributed by atoms with E-state index < -0.39 is 8.24 Å². The van der Waals surface area contributed by atoms with Gasteiger partial charge < -0.3 is 37.0 Å². The fourth-order valence-corrected chi connectivity index (χ4v) is 6.17. The molecule has 0 aliphatic rings. The van der Waals surface area contributed by atoms with E-state index in [-0.39, 0.29) is 5.75 Å². The van der Waals surface area contributed by atoms with Gasteiger partial charge in [0.1, 0.15) is 45.7 Å². The molecule has 9 heteroatoms. The normalized spacial score (nSPS) is 11.0. The average molecular weight is 577 g/mol. The molecule has 1 N–H and O–H groups in total. The third-order valence-corrected chi connectivity index (χ3v) is 8.03. The highest BCUT2D eigenvalue weighted by Gasteiger charge is 2.21. The van der Waals surface area contributed by atoms with Crippen molar-refractivity contribution in [1.82, 2.24) is 0 Å². The Hall–Kier alpha value is -4.42. The number of rotatable bonds is 7. The number of benzene rings is 4. The van der Waals surface area contributed by atoms with Crippen LogP contribution in [0.2, 0.25) is 0 Å². The van der Waals surface area contributed by atoms with Crippen molar-refractivity contribution in [2.75, 3.05) is 28.4 Å². The van der Waals surface area contributed by atoms with Crippen LogP contribution in [0.1, 0.15) is 22.3 Å². The average Bonchev–Trinajstić information content (AvgIpc) is 3.12. The Bertz CT molecular complexity index is 1750. The molecule has 5 rings (SSSR count). The molecule has 8 nitrogen and oxygen atoms in total. The van der Waals surface area contributed by atoms with Gasteiger partial charge in [-0.15, -0.1) is 0 Å². The molecule has 0 saturated heterocycles. The summed E-state index contributed by atoms with van der Waals surface area (Å²) in [4.78, 5) is 0. The van der Waals surface area contributed by atoms with Gasteiger partial charge in [0.25, 0.3) is 0 Å². The lowest BCUT2D eigenvalue weighted by Gasteiger charge is -2.17. The van der Waals surface area contributed by atoms with E-state index in [1.165, 1.54) is 0 Å². The van der Waals surface area contributed by atoms with Gasteiger partial charge in [-0.3, -0.25) is 0 Å². The van der Waals surface area contributed by atoms with Crippen LogP contribution in [-0.4, -0.2) is 33.5 Å². The number of phenols is 1. The summed E-state index contributed by atoms with van der Waals surface area (Å²) in [5.41, 5.74) is 5.55. The number of aryl methyl sites for hydroxylation is 4. The van der Waals surface area contributed by atoms with Crippen molar-refractivity contribution in [2.24, 2.45) is 0 Å². The van der Waals surface area contributed by atoms with Gasteiger partial charge in [0.05, 0.1) is 28.4 Å². The van der Waals surface area contributed by atoms with Gasteiger partial charge in [-0.1, -0.05) is 0 Å². The largest absolute Gasteiger partial charge is 0.507 e. The number of hydrogen-bond acceptors (Lipinski definition) is 8. The number of ether oxygens (including phenoxy) is 4. The standard InChI is InChI=1S/C32H33O8P/c1-17-9-21(34-5)13-25(29(17)33)26-14-22(35-6)10-18(2)30(26)38-41-39-31-19(3)11-23(36-7)15-27(31)28-16-24(37-8)12-20(4)32(28)40-41/h9-16,33H,1-8H3. The molecule has 0 atom stereocenters. The van der Waals surface area contributed by atoms with E-state index in [4.69, 9.17) is 31.9 Å². The van der Waals surface area contributed by atoms with E-state index in [1.807, 2.05) is 64.1 Å². The zero-order chi connectivity index (χ0) is 29.4. The van der Waals surface area contributed by atoms with Crippen LogP contribution in [-0.2, 0) is 0 Å². The zero-order valence-corrected chi connectivity index (χ0v) is 25.3. The molecule has 0 saturated carbocycles. The maximum absolute atomic E-state index is 11.1. The fraction of sp³-hybridized carbons (Fsp3) is 0.250. The Labute approximate surface area is 239 Å². The van der Waals surface area contributed by atoms with Crippen molar-refractivity contribution < 1.29 is 37.0 Å². The van der Waals surface area contributed by atoms with Gasteiger partial charge in [0.15, 0.2) is 0 Å². The second-order valence-corrected chi connectivity index (χ2v) is 10.8. The maximum Gasteiger partial charge on any atom is 0.453 e. The van der Waals surface area contributed by atoms with Crippen molar-refractivity contribution in [2.45, 2.75) is 27.7 Å². The predicted molar refractivity (Wildman–Crippen MR) is 161 cm³/mol. The molecule has 214 valence electrons. The molecule has 0 unspecified atom stereocenters. The zero-order valence-electron chi connectivity index (χ0n) is 24.4. The second-order valence-electron chi connectivity index (χ2n) is 9.80. The minimum atomic E-state index is -2.01. The Morgan fingerprint density at radius 2 is 0.951 bits per heavy atom. The lowest BCUT2D eigenvalue weighted by Crippen LogP contribution is -1.94. The van der Waals surface area contributed by atoms with Crippen molar-refractivity contribution in [1.29, 1.82) is 0 Å². The summed E-state index contributed by atoms with van der Waals surface area (Å²) in [6.07, 6.45) is 0. The SMILES string of the molecule is COc1cc(C)c(O)c(-c2cc(OC)cc(C)c2Op2oc3c(C)cc(OC)cc3c3cc(OC)cc(C)c3o2)c1. The summed E-state index contributed by atoms with van der Waals surface area (Å²) >= 11 is 0. The summed E-state index contributed by atoms with van der Waals surface area (Å²) in [5, 5.41) is 12.7. The first-order valence-corrected chi connectivity index (χ1v) is 14.0. The lowest BCUT2D eigenvalue weighted by molar-refractivity contribution is 0.411. The van der Waals surface area contributed by atoms with E-state index in [2.05, 4.69) is 0 Å². The molecule has 0 aliphatic carbocycles. The topological polar surface area (TPSA) is 92.7 Å². The molecule has 5 aromatic rings. The molecule has 41 heavy (non-hydrogen) atoms. The van der Waals surface area contributed by atoms with Crippen LogP contribution in [0.3, 0.4) is 0 Å². The second kappa shape index (κ2) is 11.2. The number of aromatic hydroxyl groups is 1. The third-order valence-electron chi connectivity index (χ3n) is 7.04. The smallest absolute Gasteiger partial charge is 0.453 e. The third kappa shape index (κ3) is 5.23. The summed E-state index contributed by atoms with van der Waals surface area (Å²) in [6.45, 7) is 7.63. The van der Waals surface area contributed by atoms with Gasteiger partial charge >= 0.3 is 8.24 Å². The first kappa shape index (κ1) is 28.1. The molecule has 4 aromatic carbocycles. The molecule has 0 bridgehead atoms. The summed E-state index contributed by atoms with van der Waals surface area (Å²) < 4.78 is 41.8. The Morgan fingerprint density at radius 1 is 0.537 bits per heavy atom. The summed E-state index contributed by atoms with van der Waals surface area (Å²) in [6, 6.07) is 14.9. The predicted octanol–water partition coefficient (Wildman–Crippen LogP) is 8.77. The fourth-order valence-electron chi connectivity index (χ4n) is 4.89. The highest BCUT2D eigenvalue weighted by Crippen LogP contribution is 2.48. The minimum Gasteiger partial charge on any atom is -0.507 e. The van der Waals surface area contributed by atoms with Crippen molar-refractivity contribution >= 4 is 30.2 Å². The highest BCUT2D eigenvalue weighted by atomic mass is 31.1. The Balaban J connectivity index is 1.83. The first-order chi connectivity index (χ1) is 19.7. The molecular weight excluding hydrogens is 543 g/mol. The van der Waals surface area contributed by atoms with E-state index in [1.54, 1.807) is 40.6 Å². The highest BCUT2D eigenvalue weighted by molar-refractivity contribution is 7.32. The quantitative estimate of drug-likeness (QED) is 0.206. The molecular formula is C32H33O8P. The van der Waals surface area contributed by atoms with Gasteiger partial charge in [0.2, 0.25) is 0 Å². The van der Waals surface area contributed by atoms with Gasteiger partial charge in [-0.05, 0) is 98.5 Å². The van der Waals surface area contributed by atoms with E-state index >= 15 is 0 Å². The molecule has 0 spiro atoms. The van der Waals surface area contributed by atoms with Crippen LogP contribution in [0, 0.1) is 27.7 Å². The van der Waals surface area contributed by atoms with Crippen LogP contribution in [0.4, 0.5) is 0 Å². The number of hydrogen-bond donors (Lipinski definition) is 1. The van der Waals surface area contributed by atoms with Crippen molar-refractivity contribution in [3.8, 4) is 45.6 Å². The number of phenolic OH excluding ortho intramolecular Hbond substituents is 1. The van der Waals surface area contributed by atoms with Gasteiger partial charge in [-0.25, -0.2) is 0 Å². The van der Waals surface area contributed by atoms with Gasteiger partial charge in [-0.2, -0.15) is 0 Å². The maximum atomic E-state index is 11.1. The van der Waals surface area contributed by atoms with E-state index in [0.29, 0.717) is 56.6 Å². The Morgan fingerprint density at radius 3 is 1.44 bits per heavy atom. The Kier molecular flexibility index (Phi) is 7.70. The van der Waals surface area contributed by atoms with E-state index in [0.717, 1.165) is 27.5 Å². The van der Waals surface area contributed by atoms with Crippen molar-refractivity contribution in [3.63, 3.8) is 0 Å².